The van der Waals surface area contributed by atoms with Gasteiger partial charge in [0.1, 0.15) is 6.26 Å². The van der Waals surface area contributed by atoms with Crippen LogP contribution in [0.2, 0.25) is 0 Å². The van der Waals surface area contributed by atoms with E-state index in [1.54, 1.807) is 19.6 Å². The molecule has 2 heterocycles. The van der Waals surface area contributed by atoms with Gasteiger partial charge in [0.05, 0.1) is 30.4 Å². The third-order valence-electron chi connectivity index (χ3n) is 5.88. The summed E-state index contributed by atoms with van der Waals surface area (Å²) in [4.78, 5) is 8.91. The fourth-order valence-electron chi connectivity index (χ4n) is 4.58. The highest BCUT2D eigenvalue weighted by atomic mass is 35.5. The van der Waals surface area contributed by atoms with E-state index in [1.165, 1.54) is 6.26 Å². The van der Waals surface area contributed by atoms with Crippen molar-refractivity contribution in [2.75, 3.05) is 13.4 Å². The van der Waals surface area contributed by atoms with E-state index in [0.29, 0.717) is 36.7 Å². The third kappa shape index (κ3) is 4.98. The van der Waals surface area contributed by atoms with E-state index >= 15 is 0 Å². The summed E-state index contributed by atoms with van der Waals surface area (Å²) in [6, 6.07) is 11.9. The van der Waals surface area contributed by atoms with Gasteiger partial charge in [-0.2, -0.15) is 0 Å². The van der Waals surface area contributed by atoms with Crippen molar-refractivity contribution >= 4 is 21.6 Å². The zero-order valence-corrected chi connectivity index (χ0v) is 19.6. The van der Waals surface area contributed by atoms with E-state index in [-0.39, 0.29) is 11.9 Å². The van der Waals surface area contributed by atoms with Crippen molar-refractivity contribution in [2.45, 2.75) is 43.0 Å². The first-order valence-electron chi connectivity index (χ1n) is 10.4. The second-order valence-electron chi connectivity index (χ2n) is 8.33. The molecule has 4 rings (SSSR count). The van der Waals surface area contributed by atoms with Crippen molar-refractivity contribution in [3.05, 3.63) is 66.0 Å². The minimum atomic E-state index is -3.31. The molecule has 0 radical (unpaired) electrons. The van der Waals surface area contributed by atoms with Crippen molar-refractivity contribution in [1.82, 2.24) is 14.7 Å². The van der Waals surface area contributed by atoms with E-state index < -0.39 is 15.4 Å². The number of methoxy groups -OCH3 is 1. The van der Waals surface area contributed by atoms with Crippen LogP contribution < -0.4 is 9.46 Å². The van der Waals surface area contributed by atoms with Gasteiger partial charge in [0, 0.05) is 17.8 Å². The molecule has 1 aliphatic carbocycles. The molecule has 1 saturated carbocycles. The SMILES string of the molecule is COc1ncccc1-c1cccc(C[C@]2(c3nc(CCl)co3)CC[C@H](NS(C)(=O)=O)C2)c1. The number of aromatic nitrogens is 2. The van der Waals surface area contributed by atoms with Crippen molar-refractivity contribution < 1.29 is 17.6 Å². The smallest absolute Gasteiger partial charge is 0.221 e. The number of halogens is 1. The number of alkyl halides is 1. The maximum atomic E-state index is 11.8. The fraction of sp³-hybridized carbons (Fsp3) is 0.391. The quantitative estimate of drug-likeness (QED) is 0.493. The van der Waals surface area contributed by atoms with Gasteiger partial charge >= 0.3 is 0 Å². The molecule has 1 N–H and O–H groups in total. The van der Waals surface area contributed by atoms with Gasteiger partial charge in [-0.3, -0.25) is 0 Å². The molecule has 0 saturated heterocycles. The van der Waals surface area contributed by atoms with E-state index in [0.717, 1.165) is 23.1 Å². The Balaban J connectivity index is 1.68. The Morgan fingerprint density at radius 3 is 2.88 bits per heavy atom. The number of rotatable bonds is 8. The molecule has 1 aromatic carbocycles. The monoisotopic (exact) mass is 475 g/mol. The summed E-state index contributed by atoms with van der Waals surface area (Å²) in [5.41, 5.74) is 3.26. The molecule has 0 unspecified atom stereocenters. The first kappa shape index (κ1) is 22.8. The number of oxazole rings is 1. The Morgan fingerprint density at radius 1 is 1.31 bits per heavy atom. The van der Waals surface area contributed by atoms with Crippen molar-refractivity contribution in [3.63, 3.8) is 0 Å². The van der Waals surface area contributed by atoms with E-state index in [2.05, 4.69) is 26.8 Å². The Hall–Kier alpha value is -2.42. The highest BCUT2D eigenvalue weighted by molar-refractivity contribution is 7.88. The Bertz CT molecular complexity index is 1200. The number of ether oxygens (including phenoxy) is 1. The lowest BCUT2D eigenvalue weighted by Gasteiger charge is -2.26. The van der Waals surface area contributed by atoms with Crippen LogP contribution in [-0.4, -0.2) is 37.8 Å². The van der Waals surface area contributed by atoms with Gasteiger partial charge in [-0.05, 0) is 48.9 Å². The molecule has 170 valence electrons. The van der Waals surface area contributed by atoms with Crippen molar-refractivity contribution in [2.24, 2.45) is 0 Å². The molecule has 0 bridgehead atoms. The molecular formula is C23H26ClN3O4S. The number of hydrogen-bond donors (Lipinski definition) is 1. The standard InChI is InChI=1S/C23H26ClN3O4S/c1-30-21-20(7-4-10-25-21)17-6-3-5-16(11-17)12-23(22-26-19(14-24)15-31-22)9-8-18(13-23)27-32(2,28)29/h3-7,10-11,15,18,27H,8-9,12-14H2,1-2H3/t18-,23+/m0/s1. The van der Waals surface area contributed by atoms with Crippen LogP contribution in [0.1, 0.15) is 36.4 Å². The van der Waals surface area contributed by atoms with Crippen LogP contribution in [0.25, 0.3) is 11.1 Å². The molecule has 1 fully saturated rings. The number of sulfonamides is 1. The van der Waals surface area contributed by atoms with E-state index in [9.17, 15) is 8.42 Å². The number of nitrogens with zero attached hydrogens (tertiary/aromatic N) is 2. The molecule has 32 heavy (non-hydrogen) atoms. The number of pyridine rings is 1. The summed E-state index contributed by atoms with van der Waals surface area (Å²) in [6.45, 7) is 0. The van der Waals surface area contributed by atoms with Crippen LogP contribution in [-0.2, 0) is 27.7 Å². The Kier molecular flexibility index (Phi) is 6.55. The van der Waals surface area contributed by atoms with Gasteiger partial charge in [-0.25, -0.2) is 23.1 Å². The lowest BCUT2D eigenvalue weighted by atomic mass is 9.79. The Morgan fingerprint density at radius 2 is 2.16 bits per heavy atom. The molecule has 0 spiro atoms. The highest BCUT2D eigenvalue weighted by Gasteiger charge is 2.45. The zero-order chi connectivity index (χ0) is 22.8. The molecule has 0 amide bonds. The average molecular weight is 476 g/mol. The van der Waals surface area contributed by atoms with Gasteiger partial charge in [-0.1, -0.05) is 24.3 Å². The molecule has 7 nitrogen and oxygen atoms in total. The normalized spacial score (nSPS) is 21.0. The second-order valence-corrected chi connectivity index (χ2v) is 10.4. The topological polar surface area (TPSA) is 94.3 Å². The number of nitrogens with one attached hydrogen (secondary N) is 1. The summed E-state index contributed by atoms with van der Waals surface area (Å²) in [6.07, 6.45) is 7.19. The molecular weight excluding hydrogens is 450 g/mol. The minimum Gasteiger partial charge on any atom is -0.481 e. The Labute approximate surface area is 193 Å². The lowest BCUT2D eigenvalue weighted by Crippen LogP contribution is -2.35. The lowest BCUT2D eigenvalue weighted by molar-refractivity contribution is 0.318. The first-order chi connectivity index (χ1) is 15.3. The van der Waals surface area contributed by atoms with Crippen molar-refractivity contribution in [1.29, 1.82) is 0 Å². The fourth-order valence-corrected chi connectivity index (χ4v) is 5.51. The average Bonchev–Trinajstić information content (AvgIpc) is 3.41. The van der Waals surface area contributed by atoms with Gasteiger partial charge in [0.25, 0.3) is 0 Å². The second kappa shape index (κ2) is 9.21. The maximum Gasteiger partial charge on any atom is 0.221 e. The first-order valence-corrected chi connectivity index (χ1v) is 12.8. The van der Waals surface area contributed by atoms with Gasteiger partial charge in [-0.15, -0.1) is 11.6 Å². The molecule has 2 atom stereocenters. The minimum absolute atomic E-state index is 0.169. The summed E-state index contributed by atoms with van der Waals surface area (Å²) >= 11 is 5.95. The molecule has 3 aromatic rings. The van der Waals surface area contributed by atoms with Crippen LogP contribution >= 0.6 is 11.6 Å². The summed E-state index contributed by atoms with van der Waals surface area (Å²) in [5.74, 6) is 1.44. The maximum absolute atomic E-state index is 11.8. The summed E-state index contributed by atoms with van der Waals surface area (Å²) in [5, 5.41) is 0. The van der Waals surface area contributed by atoms with Crippen molar-refractivity contribution in [3.8, 4) is 17.0 Å². The van der Waals surface area contributed by atoms with Gasteiger partial charge < -0.3 is 9.15 Å². The molecule has 2 aromatic heterocycles. The van der Waals surface area contributed by atoms with E-state index in [1.807, 2.05) is 24.3 Å². The predicted molar refractivity (Wildman–Crippen MR) is 123 cm³/mol. The van der Waals surface area contributed by atoms with Crippen LogP contribution in [0.3, 0.4) is 0 Å². The summed E-state index contributed by atoms with van der Waals surface area (Å²) in [7, 11) is -1.70. The van der Waals surface area contributed by atoms with Crippen LogP contribution in [0.15, 0.2) is 53.3 Å². The molecule has 0 aliphatic heterocycles. The molecule has 9 heteroatoms. The summed E-state index contributed by atoms with van der Waals surface area (Å²) < 4.78 is 37.7. The highest BCUT2D eigenvalue weighted by Crippen LogP contribution is 2.44. The predicted octanol–water partition coefficient (Wildman–Crippen LogP) is 4.07. The zero-order valence-electron chi connectivity index (χ0n) is 18.0. The van der Waals surface area contributed by atoms with Gasteiger partial charge in [0.15, 0.2) is 0 Å². The number of hydrogen-bond acceptors (Lipinski definition) is 6. The molecule has 1 aliphatic rings. The van der Waals surface area contributed by atoms with Crippen LogP contribution in [0, 0.1) is 0 Å². The number of benzene rings is 1. The largest absolute Gasteiger partial charge is 0.481 e. The van der Waals surface area contributed by atoms with Crippen LogP contribution in [0.5, 0.6) is 5.88 Å². The third-order valence-corrected chi connectivity index (χ3v) is 6.91. The van der Waals surface area contributed by atoms with Gasteiger partial charge in [0.2, 0.25) is 21.8 Å². The van der Waals surface area contributed by atoms with E-state index in [4.69, 9.17) is 20.8 Å². The van der Waals surface area contributed by atoms with Crippen LogP contribution in [0.4, 0.5) is 0 Å².